The van der Waals surface area contributed by atoms with Crippen molar-refractivity contribution in [2.24, 2.45) is 0 Å². The first-order valence-electron chi connectivity index (χ1n) is 5.14. The lowest BCUT2D eigenvalue weighted by atomic mass is 10.1. The molecule has 0 N–H and O–H groups in total. The second-order valence-electron chi connectivity index (χ2n) is 3.99. The largest absolute Gasteiger partial charge is 0.497 e. The van der Waals surface area contributed by atoms with Crippen LogP contribution in [0.3, 0.4) is 0 Å². The lowest BCUT2D eigenvalue weighted by molar-refractivity contribution is -0.118. The van der Waals surface area contributed by atoms with Crippen molar-refractivity contribution in [3.8, 4) is 5.75 Å². The summed E-state index contributed by atoms with van der Waals surface area (Å²) in [4.78, 5) is 11.6. The Morgan fingerprint density at radius 3 is 2.56 bits per heavy atom. The van der Waals surface area contributed by atoms with Crippen LogP contribution in [0.1, 0.15) is 12.5 Å². The zero-order valence-electron chi connectivity index (χ0n) is 9.40. The lowest BCUT2D eigenvalue weighted by Gasteiger charge is -2.00. The van der Waals surface area contributed by atoms with Gasteiger partial charge in [0.25, 0.3) is 0 Å². The van der Waals surface area contributed by atoms with E-state index in [1.54, 1.807) is 26.2 Å². The molecule has 0 amide bonds. The number of benzene rings is 1. The molecule has 1 aromatic carbocycles. The lowest BCUT2D eigenvalue weighted by Crippen LogP contribution is -2.17. The summed E-state index contributed by atoms with van der Waals surface area (Å²) >= 11 is 0. The molecule has 0 spiro atoms. The molecule has 1 aliphatic rings. The van der Waals surface area contributed by atoms with Crippen LogP contribution < -0.4 is 4.74 Å². The second kappa shape index (κ2) is 4.10. The normalized spacial score (nSPS) is 23.4. The third kappa shape index (κ3) is 2.31. The highest BCUT2D eigenvalue weighted by Crippen LogP contribution is 2.27. The fourth-order valence-electron chi connectivity index (χ4n) is 1.31. The average molecular weight is 218 g/mol. The Balaban J connectivity index is 2.03. The Labute approximate surface area is 94.7 Å². The van der Waals surface area contributed by atoms with Gasteiger partial charge in [-0.25, -0.2) is 0 Å². The fourth-order valence-corrected chi connectivity index (χ4v) is 1.31. The molecule has 1 aliphatic heterocycles. The number of ketones is 1. The van der Waals surface area contributed by atoms with Crippen molar-refractivity contribution in [3.63, 3.8) is 0 Å². The summed E-state index contributed by atoms with van der Waals surface area (Å²) < 4.78 is 10.1. The Kier molecular flexibility index (Phi) is 2.79. The highest BCUT2D eigenvalue weighted by Gasteiger charge is 2.45. The number of methoxy groups -OCH3 is 1. The smallest absolute Gasteiger partial charge is 0.189 e. The highest BCUT2D eigenvalue weighted by atomic mass is 16.6. The third-order valence-electron chi connectivity index (χ3n) is 2.64. The van der Waals surface area contributed by atoms with E-state index in [0.717, 1.165) is 11.3 Å². The first kappa shape index (κ1) is 10.9. The molecule has 1 aromatic rings. The van der Waals surface area contributed by atoms with Crippen molar-refractivity contribution in [1.82, 2.24) is 0 Å². The van der Waals surface area contributed by atoms with Crippen LogP contribution in [0.4, 0.5) is 0 Å². The fraction of sp³-hybridized carbons (Fsp3) is 0.308. The highest BCUT2D eigenvalue weighted by molar-refractivity contribution is 6.01. The van der Waals surface area contributed by atoms with Crippen LogP contribution >= 0.6 is 0 Å². The van der Waals surface area contributed by atoms with Gasteiger partial charge in [0, 0.05) is 0 Å². The van der Waals surface area contributed by atoms with E-state index in [-0.39, 0.29) is 5.78 Å². The summed E-state index contributed by atoms with van der Waals surface area (Å²) in [5.41, 5.74) is 0.404. The monoisotopic (exact) mass is 218 g/mol. The number of epoxide rings is 1. The van der Waals surface area contributed by atoms with E-state index in [1.165, 1.54) is 0 Å². The summed E-state index contributed by atoms with van der Waals surface area (Å²) in [6.07, 6.45) is 3.35. The van der Waals surface area contributed by atoms with E-state index in [1.807, 2.05) is 24.3 Å². The second-order valence-corrected chi connectivity index (χ2v) is 3.99. The molecule has 16 heavy (non-hydrogen) atoms. The maximum atomic E-state index is 11.6. The number of carbonyl (C=O) groups is 1. The maximum Gasteiger partial charge on any atom is 0.189 e. The Bertz CT molecular complexity index is 413. The molecule has 0 bridgehead atoms. The van der Waals surface area contributed by atoms with Gasteiger partial charge >= 0.3 is 0 Å². The van der Waals surface area contributed by atoms with Crippen LogP contribution in [0, 0.1) is 0 Å². The van der Waals surface area contributed by atoms with Gasteiger partial charge in [0.2, 0.25) is 0 Å². The molecule has 3 nitrogen and oxygen atoms in total. The molecule has 84 valence electrons. The van der Waals surface area contributed by atoms with E-state index in [4.69, 9.17) is 9.47 Å². The number of rotatable bonds is 4. The summed E-state index contributed by atoms with van der Waals surface area (Å²) in [5.74, 6) is 0.823. The number of hydrogen-bond donors (Lipinski definition) is 0. The van der Waals surface area contributed by atoms with Gasteiger partial charge in [-0.15, -0.1) is 0 Å². The van der Waals surface area contributed by atoms with Gasteiger partial charge in [-0.05, 0) is 30.7 Å². The Hall–Kier alpha value is -1.61. The standard InChI is InChI=1S/C13H14O3/c1-13(9-16-13)12(14)8-5-10-3-6-11(15-2)7-4-10/h3-8H,9H2,1-2H3/b8-5-/t13-/m0/s1. The number of carbonyl (C=O) groups excluding carboxylic acids is 1. The molecule has 0 saturated carbocycles. The minimum absolute atomic E-state index is 0.0170. The van der Waals surface area contributed by atoms with Crippen molar-refractivity contribution in [3.05, 3.63) is 35.9 Å². The quantitative estimate of drug-likeness (QED) is 0.573. The summed E-state index contributed by atoms with van der Waals surface area (Å²) in [5, 5.41) is 0. The molecule has 1 fully saturated rings. The third-order valence-corrected chi connectivity index (χ3v) is 2.64. The topological polar surface area (TPSA) is 38.8 Å². The minimum Gasteiger partial charge on any atom is -0.497 e. The van der Waals surface area contributed by atoms with Gasteiger partial charge in [0.05, 0.1) is 13.7 Å². The minimum atomic E-state index is -0.566. The molecule has 1 saturated heterocycles. The summed E-state index contributed by atoms with van der Waals surface area (Å²) in [7, 11) is 1.62. The van der Waals surface area contributed by atoms with Crippen LogP contribution in [0.25, 0.3) is 6.08 Å². The SMILES string of the molecule is COc1ccc(/C=C\C(=O)[C@]2(C)CO2)cc1. The van der Waals surface area contributed by atoms with E-state index in [9.17, 15) is 4.79 Å². The zero-order valence-corrected chi connectivity index (χ0v) is 9.40. The summed E-state index contributed by atoms with van der Waals surface area (Å²) in [6, 6.07) is 7.52. The van der Waals surface area contributed by atoms with Crippen LogP contribution in [0.5, 0.6) is 5.75 Å². The first-order chi connectivity index (χ1) is 7.64. The van der Waals surface area contributed by atoms with Crippen molar-refractivity contribution < 1.29 is 14.3 Å². The molecule has 1 atom stereocenters. The van der Waals surface area contributed by atoms with E-state index in [0.29, 0.717) is 6.61 Å². The van der Waals surface area contributed by atoms with E-state index >= 15 is 0 Å². The molecule has 0 unspecified atom stereocenters. The van der Waals surface area contributed by atoms with Crippen LogP contribution in [0.2, 0.25) is 0 Å². The maximum absolute atomic E-state index is 11.6. The average Bonchev–Trinajstić information content (AvgIpc) is 3.06. The number of hydrogen-bond acceptors (Lipinski definition) is 3. The molecule has 3 heteroatoms. The molecular weight excluding hydrogens is 204 g/mol. The van der Waals surface area contributed by atoms with Crippen LogP contribution in [-0.2, 0) is 9.53 Å². The van der Waals surface area contributed by atoms with Crippen molar-refractivity contribution in [2.75, 3.05) is 13.7 Å². The molecular formula is C13H14O3. The Morgan fingerprint density at radius 1 is 1.44 bits per heavy atom. The zero-order chi connectivity index (χ0) is 11.6. The van der Waals surface area contributed by atoms with Crippen LogP contribution in [-0.4, -0.2) is 25.1 Å². The summed E-state index contributed by atoms with van der Waals surface area (Å²) in [6.45, 7) is 2.33. The van der Waals surface area contributed by atoms with Gasteiger partial charge in [0.15, 0.2) is 11.4 Å². The predicted molar refractivity (Wildman–Crippen MR) is 61.4 cm³/mol. The van der Waals surface area contributed by atoms with E-state index in [2.05, 4.69) is 0 Å². The van der Waals surface area contributed by atoms with Gasteiger partial charge in [-0.3, -0.25) is 4.79 Å². The molecule has 0 aromatic heterocycles. The van der Waals surface area contributed by atoms with Gasteiger partial charge in [0.1, 0.15) is 5.75 Å². The predicted octanol–water partition coefficient (Wildman–Crippen LogP) is 2.07. The number of ether oxygens (including phenoxy) is 2. The van der Waals surface area contributed by atoms with Crippen molar-refractivity contribution in [1.29, 1.82) is 0 Å². The van der Waals surface area contributed by atoms with Gasteiger partial charge in [-0.2, -0.15) is 0 Å². The van der Waals surface area contributed by atoms with Gasteiger partial charge < -0.3 is 9.47 Å². The van der Waals surface area contributed by atoms with Crippen molar-refractivity contribution in [2.45, 2.75) is 12.5 Å². The first-order valence-corrected chi connectivity index (χ1v) is 5.14. The van der Waals surface area contributed by atoms with Crippen LogP contribution in [0.15, 0.2) is 30.3 Å². The van der Waals surface area contributed by atoms with Crippen molar-refractivity contribution >= 4 is 11.9 Å². The molecule has 0 aliphatic carbocycles. The van der Waals surface area contributed by atoms with Gasteiger partial charge in [-0.1, -0.05) is 18.2 Å². The molecule has 1 heterocycles. The molecule has 2 rings (SSSR count). The van der Waals surface area contributed by atoms with E-state index < -0.39 is 5.60 Å². The Morgan fingerprint density at radius 2 is 2.06 bits per heavy atom. The molecule has 0 radical (unpaired) electrons.